The third-order valence-electron chi connectivity index (χ3n) is 2.57. The van der Waals surface area contributed by atoms with Gasteiger partial charge in [-0.05, 0) is 34.7 Å². The van der Waals surface area contributed by atoms with E-state index < -0.39 is 5.97 Å². The molecule has 1 aromatic heterocycles. The molecule has 0 unspecified atom stereocenters. The van der Waals surface area contributed by atoms with Crippen molar-refractivity contribution in [1.82, 2.24) is 5.32 Å². The van der Waals surface area contributed by atoms with Gasteiger partial charge in [0.2, 0.25) is 0 Å². The number of thiophene rings is 1. The van der Waals surface area contributed by atoms with Gasteiger partial charge in [-0.2, -0.15) is 0 Å². The minimum absolute atomic E-state index is 0.105. The molecule has 0 aliphatic carbocycles. The maximum absolute atomic E-state index is 11.8. The Morgan fingerprint density at radius 3 is 2.80 bits per heavy atom. The summed E-state index contributed by atoms with van der Waals surface area (Å²) in [6.45, 7) is 0.408. The number of hydrogen-bond donors (Lipinski definition) is 2. The number of hydrogen-bond acceptors (Lipinski definition) is 3. The van der Waals surface area contributed by atoms with Gasteiger partial charge in [0.25, 0.3) is 5.91 Å². The standard InChI is InChI=1S/C15H13NO3S/c17-14(18)7-6-11-3-1-4-12(9-11)10-16-15(19)13-5-2-8-20-13/h1-9H,10H2,(H,16,19)(H,17,18). The summed E-state index contributed by atoms with van der Waals surface area (Å²) in [6, 6.07) is 11.0. The first kappa shape index (κ1) is 14.0. The van der Waals surface area contributed by atoms with Gasteiger partial charge in [-0.3, -0.25) is 4.79 Å². The molecule has 5 heteroatoms. The molecular formula is C15H13NO3S. The van der Waals surface area contributed by atoms with E-state index in [-0.39, 0.29) is 5.91 Å². The molecule has 1 amide bonds. The molecule has 0 atom stereocenters. The van der Waals surface area contributed by atoms with Gasteiger partial charge in [-0.15, -0.1) is 11.3 Å². The van der Waals surface area contributed by atoms with E-state index in [1.54, 1.807) is 6.07 Å². The number of carbonyl (C=O) groups is 2. The van der Waals surface area contributed by atoms with Crippen molar-refractivity contribution in [2.24, 2.45) is 0 Å². The molecule has 4 nitrogen and oxygen atoms in total. The van der Waals surface area contributed by atoms with Crippen molar-refractivity contribution in [3.8, 4) is 0 Å². The number of amides is 1. The van der Waals surface area contributed by atoms with E-state index in [9.17, 15) is 9.59 Å². The average Bonchev–Trinajstić information content (AvgIpc) is 2.97. The van der Waals surface area contributed by atoms with Crippen LogP contribution in [0.4, 0.5) is 0 Å². The van der Waals surface area contributed by atoms with E-state index in [1.807, 2.05) is 35.7 Å². The third-order valence-corrected chi connectivity index (χ3v) is 3.44. The number of aliphatic carboxylic acids is 1. The van der Waals surface area contributed by atoms with Crippen LogP contribution >= 0.6 is 11.3 Å². The first-order valence-electron chi connectivity index (χ1n) is 5.97. The Kier molecular flexibility index (Phi) is 4.68. The molecule has 2 aromatic rings. The van der Waals surface area contributed by atoms with Crippen LogP contribution in [0.5, 0.6) is 0 Å². The summed E-state index contributed by atoms with van der Waals surface area (Å²) < 4.78 is 0. The second-order valence-electron chi connectivity index (χ2n) is 4.08. The van der Waals surface area contributed by atoms with Crippen LogP contribution in [0.3, 0.4) is 0 Å². The zero-order valence-corrected chi connectivity index (χ0v) is 11.4. The van der Waals surface area contributed by atoms with Crippen LogP contribution in [0, 0.1) is 0 Å². The van der Waals surface area contributed by atoms with Crippen molar-refractivity contribution >= 4 is 29.3 Å². The summed E-state index contributed by atoms with van der Waals surface area (Å²) in [5.74, 6) is -1.09. The largest absolute Gasteiger partial charge is 0.478 e. The van der Waals surface area contributed by atoms with E-state index in [1.165, 1.54) is 17.4 Å². The molecule has 0 fully saturated rings. The van der Waals surface area contributed by atoms with Gasteiger partial charge < -0.3 is 10.4 Å². The monoisotopic (exact) mass is 287 g/mol. The Labute approximate surface area is 120 Å². The topological polar surface area (TPSA) is 66.4 Å². The Morgan fingerprint density at radius 1 is 1.25 bits per heavy atom. The van der Waals surface area contributed by atoms with Gasteiger partial charge in [0, 0.05) is 12.6 Å². The van der Waals surface area contributed by atoms with Crippen molar-refractivity contribution in [2.75, 3.05) is 0 Å². The fourth-order valence-electron chi connectivity index (χ4n) is 1.65. The lowest BCUT2D eigenvalue weighted by atomic mass is 10.1. The zero-order valence-electron chi connectivity index (χ0n) is 10.6. The minimum Gasteiger partial charge on any atom is -0.478 e. The Balaban J connectivity index is 1.98. The molecule has 0 saturated heterocycles. The summed E-state index contributed by atoms with van der Waals surface area (Å²) in [5.41, 5.74) is 1.71. The smallest absolute Gasteiger partial charge is 0.328 e. The number of carboxylic acids is 1. The highest BCUT2D eigenvalue weighted by molar-refractivity contribution is 7.12. The fourth-order valence-corrected chi connectivity index (χ4v) is 2.29. The molecule has 0 aliphatic heterocycles. The van der Waals surface area contributed by atoms with E-state index in [4.69, 9.17) is 5.11 Å². The van der Waals surface area contributed by atoms with E-state index >= 15 is 0 Å². The molecule has 0 saturated carbocycles. The van der Waals surface area contributed by atoms with Gasteiger partial charge in [-0.1, -0.05) is 24.3 Å². The van der Waals surface area contributed by atoms with E-state index in [0.29, 0.717) is 11.4 Å². The van der Waals surface area contributed by atoms with Crippen molar-refractivity contribution in [1.29, 1.82) is 0 Å². The van der Waals surface area contributed by atoms with Crippen molar-refractivity contribution in [2.45, 2.75) is 6.54 Å². The van der Waals surface area contributed by atoms with Crippen molar-refractivity contribution in [3.05, 3.63) is 63.9 Å². The second-order valence-corrected chi connectivity index (χ2v) is 5.02. The summed E-state index contributed by atoms with van der Waals surface area (Å²) in [6.07, 6.45) is 2.61. The summed E-state index contributed by atoms with van der Waals surface area (Å²) in [5, 5.41) is 13.3. The lowest BCUT2D eigenvalue weighted by Crippen LogP contribution is -2.21. The Bertz CT molecular complexity index is 632. The van der Waals surface area contributed by atoms with Crippen LogP contribution < -0.4 is 5.32 Å². The molecular weight excluding hydrogens is 274 g/mol. The van der Waals surface area contributed by atoms with E-state index in [2.05, 4.69) is 5.32 Å². The van der Waals surface area contributed by atoms with Crippen LogP contribution in [0.15, 0.2) is 47.9 Å². The van der Waals surface area contributed by atoms with Gasteiger partial charge in [0.05, 0.1) is 4.88 Å². The van der Waals surface area contributed by atoms with Gasteiger partial charge >= 0.3 is 5.97 Å². The molecule has 2 N–H and O–H groups in total. The Hall–Kier alpha value is -2.40. The molecule has 2 rings (SSSR count). The molecule has 102 valence electrons. The first-order chi connectivity index (χ1) is 9.65. The summed E-state index contributed by atoms with van der Waals surface area (Å²) in [7, 11) is 0. The molecule has 0 radical (unpaired) electrons. The van der Waals surface area contributed by atoms with Gasteiger partial charge in [0.1, 0.15) is 0 Å². The number of carboxylic acid groups (broad SMARTS) is 1. The SMILES string of the molecule is O=C(O)C=Cc1cccc(CNC(=O)c2cccs2)c1. The average molecular weight is 287 g/mol. The minimum atomic E-state index is -0.985. The quantitative estimate of drug-likeness (QED) is 0.831. The van der Waals surface area contributed by atoms with Gasteiger partial charge in [0.15, 0.2) is 0 Å². The Morgan fingerprint density at radius 2 is 2.10 bits per heavy atom. The van der Waals surface area contributed by atoms with E-state index in [0.717, 1.165) is 17.2 Å². The van der Waals surface area contributed by atoms with Gasteiger partial charge in [-0.25, -0.2) is 4.79 Å². The van der Waals surface area contributed by atoms with Crippen molar-refractivity contribution < 1.29 is 14.7 Å². The van der Waals surface area contributed by atoms with Crippen LogP contribution in [-0.2, 0) is 11.3 Å². The summed E-state index contributed by atoms with van der Waals surface area (Å²) >= 11 is 1.39. The molecule has 1 heterocycles. The highest BCUT2D eigenvalue weighted by Crippen LogP contribution is 2.10. The van der Waals surface area contributed by atoms with Crippen molar-refractivity contribution in [3.63, 3.8) is 0 Å². The van der Waals surface area contributed by atoms with Crippen LogP contribution in [0.1, 0.15) is 20.8 Å². The van der Waals surface area contributed by atoms with Crippen LogP contribution in [0.2, 0.25) is 0 Å². The zero-order chi connectivity index (χ0) is 14.4. The maximum atomic E-state index is 11.8. The number of benzene rings is 1. The number of carbonyl (C=O) groups excluding carboxylic acids is 1. The second kappa shape index (κ2) is 6.68. The lowest BCUT2D eigenvalue weighted by Gasteiger charge is -2.04. The number of rotatable bonds is 5. The highest BCUT2D eigenvalue weighted by atomic mass is 32.1. The molecule has 0 spiro atoms. The maximum Gasteiger partial charge on any atom is 0.328 e. The van der Waals surface area contributed by atoms with Crippen LogP contribution in [0.25, 0.3) is 6.08 Å². The third kappa shape index (κ3) is 4.07. The predicted octanol–water partition coefficient (Wildman–Crippen LogP) is 2.78. The molecule has 20 heavy (non-hydrogen) atoms. The molecule has 0 aliphatic rings. The predicted molar refractivity (Wildman–Crippen MR) is 78.6 cm³/mol. The number of nitrogens with one attached hydrogen (secondary N) is 1. The summed E-state index contributed by atoms with van der Waals surface area (Å²) in [4.78, 5) is 22.9. The normalized spacial score (nSPS) is 10.6. The first-order valence-corrected chi connectivity index (χ1v) is 6.85. The fraction of sp³-hybridized carbons (Fsp3) is 0.0667. The highest BCUT2D eigenvalue weighted by Gasteiger charge is 2.05. The van der Waals surface area contributed by atoms with Crippen LogP contribution in [-0.4, -0.2) is 17.0 Å². The molecule has 1 aromatic carbocycles. The molecule has 0 bridgehead atoms. The lowest BCUT2D eigenvalue weighted by molar-refractivity contribution is -0.131.